The Hall–Kier alpha value is -2.17. The summed E-state index contributed by atoms with van der Waals surface area (Å²) in [5.41, 5.74) is 3.39. The van der Waals surface area contributed by atoms with Gasteiger partial charge in [-0.25, -0.2) is 0 Å². The number of oxime groups is 1. The van der Waals surface area contributed by atoms with Gasteiger partial charge in [0.25, 0.3) is 0 Å². The lowest BCUT2D eigenvalue weighted by atomic mass is 9.94. The molecule has 230 valence electrons. The molecule has 0 saturated heterocycles. The van der Waals surface area contributed by atoms with Crippen LogP contribution in [-0.2, 0) is 0 Å². The van der Waals surface area contributed by atoms with Crippen molar-refractivity contribution in [3.63, 3.8) is 0 Å². The molecule has 0 aliphatic heterocycles. The molecule has 0 radical (unpaired) electrons. The Labute approximate surface area is 251 Å². The predicted octanol–water partition coefficient (Wildman–Crippen LogP) is 10.2. The molecule has 0 amide bonds. The molecule has 0 spiro atoms. The van der Waals surface area contributed by atoms with Gasteiger partial charge in [-0.15, -0.1) is 0 Å². The van der Waals surface area contributed by atoms with Gasteiger partial charge in [-0.05, 0) is 48.6 Å². The van der Waals surface area contributed by atoms with Gasteiger partial charge < -0.3 is 15.4 Å². The lowest BCUT2D eigenvalue weighted by Crippen LogP contribution is -2.19. The van der Waals surface area contributed by atoms with Gasteiger partial charge >= 0.3 is 0 Å². The van der Waals surface area contributed by atoms with Crippen LogP contribution in [0.1, 0.15) is 152 Å². The highest BCUT2D eigenvalue weighted by Crippen LogP contribution is 2.23. The molecule has 4 atom stereocenters. The lowest BCUT2D eigenvalue weighted by Gasteiger charge is -2.15. The number of aliphatic hydroxyl groups excluding tert-OH is 2. The summed E-state index contributed by atoms with van der Waals surface area (Å²) in [6.45, 7) is 4.63. The van der Waals surface area contributed by atoms with E-state index < -0.39 is 12.2 Å². The van der Waals surface area contributed by atoms with Gasteiger partial charge in [0, 0.05) is 12.8 Å². The fraction of sp³-hybridized carbons (Fsp3) is 0.649. The second-order valence-electron chi connectivity index (χ2n) is 12.4. The minimum Gasteiger partial charge on any atom is -0.411 e. The summed E-state index contributed by atoms with van der Waals surface area (Å²) < 4.78 is 0. The lowest BCUT2D eigenvalue weighted by molar-refractivity contribution is 0.153. The SMILES string of the molecule is CC(CCCCCCCCC(O)CC(CC(O)CCCCCCCCC(C)c1ccccc1)=NO)c1ccccc1. The van der Waals surface area contributed by atoms with Gasteiger partial charge in [0.15, 0.2) is 0 Å². The van der Waals surface area contributed by atoms with Crippen LogP contribution in [0.15, 0.2) is 65.8 Å². The summed E-state index contributed by atoms with van der Waals surface area (Å²) in [5.74, 6) is 1.25. The Morgan fingerprint density at radius 3 is 1.17 bits per heavy atom. The molecule has 41 heavy (non-hydrogen) atoms. The molecule has 4 heteroatoms. The smallest absolute Gasteiger partial charge is 0.0622 e. The van der Waals surface area contributed by atoms with E-state index in [1.165, 1.54) is 75.3 Å². The number of unbranched alkanes of at least 4 members (excludes halogenated alkanes) is 10. The number of hydrogen-bond acceptors (Lipinski definition) is 4. The van der Waals surface area contributed by atoms with E-state index in [9.17, 15) is 15.4 Å². The average molecular weight is 566 g/mol. The van der Waals surface area contributed by atoms with Gasteiger partial charge in [-0.3, -0.25) is 0 Å². The molecule has 0 heterocycles. The first-order valence-electron chi connectivity index (χ1n) is 16.7. The van der Waals surface area contributed by atoms with Gasteiger partial charge in [0.05, 0.1) is 17.9 Å². The maximum absolute atomic E-state index is 10.4. The highest BCUT2D eigenvalue weighted by molar-refractivity contribution is 5.84. The van der Waals surface area contributed by atoms with Crippen LogP contribution in [0.5, 0.6) is 0 Å². The molecule has 0 aromatic heterocycles. The standard InChI is InChI=1S/C37H59NO3/c1-31(33-23-15-11-16-24-33)21-13-7-3-5-9-19-27-36(39)29-35(38-41)30-37(40)28-20-10-6-4-8-14-22-32(2)34-25-17-12-18-26-34/h11-12,15-18,23-26,31-32,36-37,39-41H,3-10,13-14,19-22,27-30H2,1-2H3. The second kappa shape index (κ2) is 22.4. The molecule has 0 saturated carbocycles. The maximum Gasteiger partial charge on any atom is 0.0622 e. The van der Waals surface area contributed by atoms with Crippen molar-refractivity contribution in [2.45, 2.75) is 153 Å². The van der Waals surface area contributed by atoms with E-state index in [1.807, 2.05) is 0 Å². The summed E-state index contributed by atoms with van der Waals surface area (Å²) in [6, 6.07) is 21.5. The zero-order valence-corrected chi connectivity index (χ0v) is 26.1. The largest absolute Gasteiger partial charge is 0.411 e. The van der Waals surface area contributed by atoms with E-state index in [2.05, 4.69) is 79.7 Å². The summed E-state index contributed by atoms with van der Waals surface area (Å²) in [7, 11) is 0. The zero-order valence-electron chi connectivity index (χ0n) is 26.1. The van der Waals surface area contributed by atoms with Crippen LogP contribution >= 0.6 is 0 Å². The van der Waals surface area contributed by atoms with E-state index in [1.54, 1.807) is 0 Å². The highest BCUT2D eigenvalue weighted by atomic mass is 16.4. The third-order valence-electron chi connectivity index (χ3n) is 8.67. The quantitative estimate of drug-likeness (QED) is 0.0513. The van der Waals surface area contributed by atoms with Gasteiger partial charge in [0.2, 0.25) is 0 Å². The van der Waals surface area contributed by atoms with Gasteiger partial charge in [-0.2, -0.15) is 0 Å². The highest BCUT2D eigenvalue weighted by Gasteiger charge is 2.14. The molecule has 0 aliphatic rings. The van der Waals surface area contributed by atoms with E-state index in [4.69, 9.17) is 0 Å². The Bertz CT molecular complexity index is 829. The summed E-state index contributed by atoms with van der Waals surface area (Å²) in [5, 5.41) is 33.6. The van der Waals surface area contributed by atoms with E-state index in [-0.39, 0.29) is 0 Å². The van der Waals surface area contributed by atoms with Crippen molar-refractivity contribution in [1.82, 2.24) is 0 Å². The van der Waals surface area contributed by atoms with E-state index in [0.29, 0.717) is 30.4 Å². The minimum atomic E-state index is -0.496. The fourth-order valence-corrected chi connectivity index (χ4v) is 5.88. The molecule has 2 aromatic rings. The molecule has 0 aliphatic carbocycles. The molecule has 4 unspecified atom stereocenters. The average Bonchev–Trinajstić information content (AvgIpc) is 3.00. The second-order valence-corrected chi connectivity index (χ2v) is 12.4. The molecule has 4 nitrogen and oxygen atoms in total. The fourth-order valence-electron chi connectivity index (χ4n) is 5.88. The molecule has 2 aromatic carbocycles. The molecule has 2 rings (SSSR count). The number of nitrogens with zero attached hydrogens (tertiary/aromatic N) is 1. The first-order valence-corrected chi connectivity index (χ1v) is 16.7. The Balaban J connectivity index is 1.41. The number of rotatable bonds is 24. The number of benzene rings is 2. The minimum absolute atomic E-state index is 0.354. The topological polar surface area (TPSA) is 73.0 Å². The first-order chi connectivity index (χ1) is 20.0. The third kappa shape index (κ3) is 16.8. The van der Waals surface area contributed by atoms with Crippen LogP contribution in [-0.4, -0.2) is 33.3 Å². The van der Waals surface area contributed by atoms with Crippen molar-refractivity contribution in [3.05, 3.63) is 71.8 Å². The van der Waals surface area contributed by atoms with Crippen LogP contribution in [0.2, 0.25) is 0 Å². The van der Waals surface area contributed by atoms with Crippen LogP contribution in [0.4, 0.5) is 0 Å². The van der Waals surface area contributed by atoms with E-state index in [0.717, 1.165) is 38.5 Å². The Morgan fingerprint density at radius 1 is 0.512 bits per heavy atom. The number of hydrogen-bond donors (Lipinski definition) is 3. The van der Waals surface area contributed by atoms with Crippen LogP contribution < -0.4 is 0 Å². The molecular weight excluding hydrogens is 506 g/mol. The third-order valence-corrected chi connectivity index (χ3v) is 8.67. The van der Waals surface area contributed by atoms with Crippen LogP contribution in [0.3, 0.4) is 0 Å². The summed E-state index contributed by atoms with van der Waals surface area (Å²) in [6.07, 6.45) is 17.9. The molecule has 0 bridgehead atoms. The molecular formula is C37H59NO3. The van der Waals surface area contributed by atoms with E-state index >= 15 is 0 Å². The van der Waals surface area contributed by atoms with Crippen molar-refractivity contribution in [1.29, 1.82) is 0 Å². The summed E-state index contributed by atoms with van der Waals surface area (Å²) in [4.78, 5) is 0. The van der Waals surface area contributed by atoms with Gasteiger partial charge in [-0.1, -0.05) is 157 Å². The van der Waals surface area contributed by atoms with Gasteiger partial charge in [0.1, 0.15) is 0 Å². The van der Waals surface area contributed by atoms with Crippen molar-refractivity contribution in [2.75, 3.05) is 0 Å². The van der Waals surface area contributed by atoms with Crippen molar-refractivity contribution >= 4 is 5.71 Å². The van der Waals surface area contributed by atoms with Crippen molar-refractivity contribution in [2.24, 2.45) is 5.16 Å². The first kappa shape index (κ1) is 35.0. The maximum atomic E-state index is 10.4. The normalized spacial score (nSPS) is 14.3. The Morgan fingerprint density at radius 2 is 0.829 bits per heavy atom. The summed E-state index contributed by atoms with van der Waals surface area (Å²) >= 11 is 0. The molecule has 0 fully saturated rings. The zero-order chi connectivity index (χ0) is 29.5. The van der Waals surface area contributed by atoms with Crippen molar-refractivity contribution < 1.29 is 15.4 Å². The number of aliphatic hydroxyl groups is 2. The Kier molecular flexibility index (Phi) is 19.2. The van der Waals surface area contributed by atoms with Crippen LogP contribution in [0, 0.1) is 0 Å². The monoisotopic (exact) mass is 565 g/mol. The molecule has 3 N–H and O–H groups in total. The predicted molar refractivity (Wildman–Crippen MR) is 174 cm³/mol. The van der Waals surface area contributed by atoms with Crippen LogP contribution in [0.25, 0.3) is 0 Å². The van der Waals surface area contributed by atoms with Crippen molar-refractivity contribution in [3.8, 4) is 0 Å².